The van der Waals surface area contributed by atoms with Crippen LogP contribution in [0.3, 0.4) is 0 Å². The second-order valence-corrected chi connectivity index (χ2v) is 9.74. The van der Waals surface area contributed by atoms with Crippen molar-refractivity contribution >= 4 is 15.9 Å². The standard InChI is InChI=1S/C18H29N3O3S/c1-18(2,3)16(19)17(22)20-15-9-11-21(12-10-15)25(23,24)13-14-7-5-4-6-8-14/h4-8,15-16H,9-13,19H2,1-3H3,(H,20,22)/t16-/m1/s1. The van der Waals surface area contributed by atoms with E-state index in [-0.39, 0.29) is 23.1 Å². The van der Waals surface area contributed by atoms with Crippen LogP contribution in [0.5, 0.6) is 0 Å². The van der Waals surface area contributed by atoms with Gasteiger partial charge in [-0.1, -0.05) is 51.1 Å². The predicted molar refractivity (Wildman–Crippen MR) is 99.2 cm³/mol. The summed E-state index contributed by atoms with van der Waals surface area (Å²) in [5.74, 6) is -0.155. The van der Waals surface area contributed by atoms with Gasteiger partial charge in [0.2, 0.25) is 15.9 Å². The summed E-state index contributed by atoms with van der Waals surface area (Å²) in [5.41, 5.74) is 6.46. The number of nitrogens with zero attached hydrogens (tertiary/aromatic N) is 1. The van der Waals surface area contributed by atoms with E-state index in [0.29, 0.717) is 25.9 Å². The van der Waals surface area contributed by atoms with E-state index in [1.54, 1.807) is 0 Å². The Kier molecular flexibility index (Phi) is 6.24. The highest BCUT2D eigenvalue weighted by Gasteiger charge is 2.32. The van der Waals surface area contributed by atoms with Crippen LogP contribution in [0, 0.1) is 5.41 Å². The van der Waals surface area contributed by atoms with E-state index in [2.05, 4.69) is 5.32 Å². The number of hydrogen-bond donors (Lipinski definition) is 2. The molecule has 1 atom stereocenters. The molecule has 3 N–H and O–H groups in total. The van der Waals surface area contributed by atoms with Crippen molar-refractivity contribution in [3.8, 4) is 0 Å². The Morgan fingerprint density at radius 3 is 2.32 bits per heavy atom. The molecule has 1 aliphatic heterocycles. The zero-order chi connectivity index (χ0) is 18.7. The zero-order valence-corrected chi connectivity index (χ0v) is 16.1. The van der Waals surface area contributed by atoms with Crippen molar-refractivity contribution in [1.29, 1.82) is 0 Å². The molecule has 6 nitrogen and oxygen atoms in total. The van der Waals surface area contributed by atoms with Gasteiger partial charge in [-0.25, -0.2) is 12.7 Å². The van der Waals surface area contributed by atoms with Crippen molar-refractivity contribution in [2.24, 2.45) is 11.1 Å². The number of hydrogen-bond acceptors (Lipinski definition) is 4. The molecule has 0 unspecified atom stereocenters. The fourth-order valence-electron chi connectivity index (χ4n) is 2.84. The number of carbonyl (C=O) groups excluding carboxylic acids is 1. The first-order valence-electron chi connectivity index (χ1n) is 8.67. The van der Waals surface area contributed by atoms with Crippen molar-refractivity contribution in [1.82, 2.24) is 9.62 Å². The fraction of sp³-hybridized carbons (Fsp3) is 0.611. The molecular formula is C18H29N3O3S. The normalized spacial score (nSPS) is 18.7. The first kappa shape index (κ1) is 19.9. The minimum absolute atomic E-state index is 0.0137. The van der Waals surface area contributed by atoms with Gasteiger partial charge in [0, 0.05) is 19.1 Å². The Bertz CT molecular complexity index is 675. The van der Waals surface area contributed by atoms with Crippen molar-refractivity contribution in [3.63, 3.8) is 0 Å². The smallest absolute Gasteiger partial charge is 0.237 e. The summed E-state index contributed by atoms with van der Waals surface area (Å²) in [5, 5.41) is 2.96. The molecule has 1 saturated heterocycles. The third-order valence-corrected chi connectivity index (χ3v) is 6.45. The van der Waals surface area contributed by atoms with E-state index >= 15 is 0 Å². The third kappa shape index (κ3) is 5.52. The van der Waals surface area contributed by atoms with Gasteiger partial charge in [-0.2, -0.15) is 0 Å². The van der Waals surface area contributed by atoms with Crippen LogP contribution >= 0.6 is 0 Å². The highest BCUT2D eigenvalue weighted by Crippen LogP contribution is 2.20. The summed E-state index contributed by atoms with van der Waals surface area (Å²) in [7, 11) is -3.33. The maximum absolute atomic E-state index is 12.5. The number of carbonyl (C=O) groups is 1. The van der Waals surface area contributed by atoms with Crippen LogP contribution in [-0.2, 0) is 20.6 Å². The average molecular weight is 368 g/mol. The van der Waals surface area contributed by atoms with E-state index in [9.17, 15) is 13.2 Å². The molecule has 2 rings (SSSR count). The lowest BCUT2D eigenvalue weighted by atomic mass is 9.86. The minimum atomic E-state index is -3.33. The first-order valence-corrected chi connectivity index (χ1v) is 10.3. The number of nitrogens with two attached hydrogens (primary N) is 1. The highest BCUT2D eigenvalue weighted by atomic mass is 32.2. The molecular weight excluding hydrogens is 338 g/mol. The average Bonchev–Trinajstić information content (AvgIpc) is 2.54. The fourth-order valence-corrected chi connectivity index (χ4v) is 4.40. The molecule has 1 fully saturated rings. The molecule has 0 radical (unpaired) electrons. The SMILES string of the molecule is CC(C)(C)[C@H](N)C(=O)NC1CCN(S(=O)(=O)Cc2ccccc2)CC1. The van der Waals surface area contributed by atoms with Gasteiger partial charge in [-0.15, -0.1) is 0 Å². The second-order valence-electron chi connectivity index (χ2n) is 7.77. The Morgan fingerprint density at radius 1 is 1.24 bits per heavy atom. The van der Waals surface area contributed by atoms with Crippen LogP contribution in [0.15, 0.2) is 30.3 Å². The van der Waals surface area contributed by atoms with E-state index in [0.717, 1.165) is 5.56 Å². The van der Waals surface area contributed by atoms with Gasteiger partial charge in [0.05, 0.1) is 11.8 Å². The lowest BCUT2D eigenvalue weighted by molar-refractivity contribution is -0.125. The summed E-state index contributed by atoms with van der Waals surface area (Å²) in [6.07, 6.45) is 1.22. The Hall–Kier alpha value is -1.44. The summed E-state index contributed by atoms with van der Waals surface area (Å²) in [4.78, 5) is 12.2. The van der Waals surface area contributed by atoms with Gasteiger partial charge in [-0.3, -0.25) is 4.79 Å². The highest BCUT2D eigenvalue weighted by molar-refractivity contribution is 7.88. The molecule has 140 valence electrons. The topological polar surface area (TPSA) is 92.5 Å². The van der Waals surface area contributed by atoms with Gasteiger partial charge in [0.25, 0.3) is 0 Å². The molecule has 1 heterocycles. The van der Waals surface area contributed by atoms with Gasteiger partial charge in [0.15, 0.2) is 0 Å². The van der Waals surface area contributed by atoms with Gasteiger partial charge < -0.3 is 11.1 Å². The first-order chi connectivity index (χ1) is 11.6. The lowest BCUT2D eigenvalue weighted by Gasteiger charge is -2.33. The minimum Gasteiger partial charge on any atom is -0.352 e. The largest absolute Gasteiger partial charge is 0.352 e. The van der Waals surface area contributed by atoms with E-state index < -0.39 is 16.1 Å². The van der Waals surface area contributed by atoms with Gasteiger partial charge in [-0.05, 0) is 23.8 Å². The van der Waals surface area contributed by atoms with Crippen molar-refractivity contribution in [2.45, 2.75) is 51.4 Å². The maximum Gasteiger partial charge on any atom is 0.237 e. The summed E-state index contributed by atoms with van der Waals surface area (Å²) >= 11 is 0. The summed E-state index contributed by atoms with van der Waals surface area (Å²) in [6.45, 7) is 6.62. The quantitative estimate of drug-likeness (QED) is 0.824. The molecule has 25 heavy (non-hydrogen) atoms. The lowest BCUT2D eigenvalue weighted by Crippen LogP contribution is -2.54. The Morgan fingerprint density at radius 2 is 1.80 bits per heavy atom. The van der Waals surface area contributed by atoms with Crippen LogP contribution < -0.4 is 11.1 Å². The van der Waals surface area contributed by atoms with Crippen LogP contribution in [-0.4, -0.2) is 43.8 Å². The van der Waals surface area contributed by atoms with Crippen molar-refractivity contribution in [2.75, 3.05) is 13.1 Å². The van der Waals surface area contributed by atoms with E-state index in [4.69, 9.17) is 5.73 Å². The number of piperidine rings is 1. The van der Waals surface area contributed by atoms with Crippen LogP contribution in [0.4, 0.5) is 0 Å². The predicted octanol–water partition coefficient (Wildman–Crippen LogP) is 1.47. The molecule has 0 bridgehead atoms. The van der Waals surface area contributed by atoms with E-state index in [1.165, 1.54) is 4.31 Å². The molecule has 0 saturated carbocycles. The van der Waals surface area contributed by atoms with Crippen molar-refractivity contribution < 1.29 is 13.2 Å². The number of nitrogens with one attached hydrogen (secondary N) is 1. The number of amides is 1. The van der Waals surface area contributed by atoms with Gasteiger partial charge in [0.1, 0.15) is 0 Å². The van der Waals surface area contributed by atoms with Crippen LogP contribution in [0.25, 0.3) is 0 Å². The molecule has 1 amide bonds. The van der Waals surface area contributed by atoms with Crippen molar-refractivity contribution in [3.05, 3.63) is 35.9 Å². The monoisotopic (exact) mass is 367 g/mol. The molecule has 1 aromatic rings. The molecule has 1 aromatic carbocycles. The number of benzene rings is 1. The molecule has 0 aliphatic carbocycles. The van der Waals surface area contributed by atoms with Gasteiger partial charge >= 0.3 is 0 Å². The second kappa shape index (κ2) is 7.85. The van der Waals surface area contributed by atoms with Crippen LogP contribution in [0.2, 0.25) is 0 Å². The maximum atomic E-state index is 12.5. The third-order valence-electron chi connectivity index (χ3n) is 4.60. The Balaban J connectivity index is 1.88. The van der Waals surface area contributed by atoms with E-state index in [1.807, 2.05) is 51.1 Å². The molecule has 1 aliphatic rings. The summed E-state index contributed by atoms with van der Waals surface area (Å²) in [6, 6.07) is 8.58. The molecule has 7 heteroatoms. The number of rotatable bonds is 5. The number of sulfonamides is 1. The Labute approximate surface area is 150 Å². The van der Waals surface area contributed by atoms with Crippen LogP contribution in [0.1, 0.15) is 39.2 Å². The molecule has 0 aromatic heterocycles. The zero-order valence-electron chi connectivity index (χ0n) is 15.2. The summed E-state index contributed by atoms with van der Waals surface area (Å²) < 4.78 is 26.6. The molecule has 0 spiro atoms.